The second-order valence-corrected chi connectivity index (χ2v) is 3.95. The van der Waals surface area contributed by atoms with Crippen molar-refractivity contribution in [3.05, 3.63) is 23.9 Å². The molecule has 1 heterocycles. The summed E-state index contributed by atoms with van der Waals surface area (Å²) in [5, 5.41) is 3.22. The predicted molar refractivity (Wildman–Crippen MR) is 68.1 cm³/mol. The molecule has 80 valence electrons. The van der Waals surface area contributed by atoms with Crippen LogP contribution in [0.3, 0.4) is 0 Å². The fraction of sp³-hybridized carbons (Fsp3) is 0.500. The molecule has 0 amide bonds. The number of nitrogens with one attached hydrogen (secondary N) is 1. The van der Waals surface area contributed by atoms with Gasteiger partial charge in [-0.2, -0.15) is 0 Å². The summed E-state index contributed by atoms with van der Waals surface area (Å²) in [6, 6.07) is 3.90. The molecule has 0 unspecified atom stereocenters. The first-order valence-electron chi connectivity index (χ1n) is 4.58. The number of alkyl halides is 1. The summed E-state index contributed by atoms with van der Waals surface area (Å²) in [6.07, 6.45) is 1.92. The number of aromatic nitrogens is 1. The fourth-order valence-corrected chi connectivity index (χ4v) is 1.39. The average Bonchev–Trinajstić information content (AvgIpc) is 2.15. The molecule has 1 rings (SSSR count). The fourth-order valence-electron chi connectivity index (χ4n) is 1.08. The van der Waals surface area contributed by atoms with Crippen molar-refractivity contribution < 1.29 is 6.16 Å². The summed E-state index contributed by atoms with van der Waals surface area (Å²) in [5.41, 5.74) is 1.17. The summed E-state index contributed by atoms with van der Waals surface area (Å²) in [6.45, 7) is 4.91. The van der Waals surface area contributed by atoms with Gasteiger partial charge in [0.1, 0.15) is 6.10 Å². The molecule has 0 saturated heterocycles. The normalized spacial score (nSPS) is 12.5. The van der Waals surface area contributed by atoms with Gasteiger partial charge < -0.3 is 10.1 Å². The van der Waals surface area contributed by atoms with Gasteiger partial charge in [0.25, 0.3) is 0 Å². The Morgan fingerprint density at radius 1 is 1.71 bits per heavy atom. The first kappa shape index (κ1) is 11.7. The van der Waals surface area contributed by atoms with Crippen LogP contribution in [0, 0.1) is 6.92 Å². The molecule has 4 heteroatoms. The van der Waals surface area contributed by atoms with E-state index in [4.69, 9.17) is 4.74 Å². The van der Waals surface area contributed by atoms with Gasteiger partial charge in [-0.15, -0.1) is 0 Å². The van der Waals surface area contributed by atoms with Crippen LogP contribution >= 0.6 is 22.6 Å². The summed E-state index contributed by atoms with van der Waals surface area (Å²) < 4.78 is 6.56. The van der Waals surface area contributed by atoms with Crippen molar-refractivity contribution >= 4 is 22.6 Å². The standard InChI is InChI=1S/C10H15IN2O.H2/c1-8-3-4-13-10(5-8)14-9(2)6-12-7-11;/h3-5,9,12H,6-7H2,1-2H3;1H/t9-;/m1./s1. The summed E-state index contributed by atoms with van der Waals surface area (Å²) in [4.78, 5) is 4.14. The molecular formula is C10H17IN2O. The van der Waals surface area contributed by atoms with Crippen LogP contribution in [0.4, 0.5) is 0 Å². The third-order valence-corrected chi connectivity index (χ3v) is 2.28. The Balaban J connectivity index is 0.00000196. The monoisotopic (exact) mass is 308 g/mol. The number of hydrogen-bond donors (Lipinski definition) is 1. The molecule has 3 nitrogen and oxygen atoms in total. The highest BCUT2D eigenvalue weighted by Gasteiger charge is 2.03. The van der Waals surface area contributed by atoms with Crippen LogP contribution in [0.1, 0.15) is 13.9 Å². The highest BCUT2D eigenvalue weighted by atomic mass is 127. The lowest BCUT2D eigenvalue weighted by Crippen LogP contribution is -2.28. The third kappa shape index (κ3) is 4.23. The van der Waals surface area contributed by atoms with E-state index in [2.05, 4.69) is 32.9 Å². The van der Waals surface area contributed by atoms with Crippen LogP contribution < -0.4 is 10.1 Å². The lowest BCUT2D eigenvalue weighted by molar-refractivity contribution is 0.211. The lowest BCUT2D eigenvalue weighted by Gasteiger charge is -2.13. The maximum absolute atomic E-state index is 5.62. The van der Waals surface area contributed by atoms with E-state index in [0.717, 1.165) is 11.1 Å². The number of ether oxygens (including phenoxy) is 1. The molecular weight excluding hydrogens is 291 g/mol. The van der Waals surface area contributed by atoms with Crippen molar-refractivity contribution in [3.8, 4) is 5.88 Å². The number of pyridine rings is 1. The molecule has 0 aliphatic rings. The maximum atomic E-state index is 5.62. The minimum atomic E-state index is 0. The molecule has 1 aromatic heterocycles. The van der Waals surface area contributed by atoms with Crippen LogP contribution in [0.2, 0.25) is 0 Å². The molecule has 0 saturated carbocycles. The zero-order valence-electron chi connectivity index (χ0n) is 8.46. The quantitative estimate of drug-likeness (QED) is 0.515. The van der Waals surface area contributed by atoms with Crippen molar-refractivity contribution in [1.82, 2.24) is 10.3 Å². The minimum absolute atomic E-state index is 0. The summed E-state index contributed by atoms with van der Waals surface area (Å²) in [5.74, 6) is 0.702. The van der Waals surface area contributed by atoms with Crippen LogP contribution in [0.5, 0.6) is 5.88 Å². The second-order valence-electron chi connectivity index (χ2n) is 3.19. The average molecular weight is 308 g/mol. The van der Waals surface area contributed by atoms with Crippen molar-refractivity contribution in [2.45, 2.75) is 20.0 Å². The topological polar surface area (TPSA) is 34.1 Å². The van der Waals surface area contributed by atoms with E-state index in [1.807, 2.05) is 26.0 Å². The Morgan fingerprint density at radius 2 is 2.50 bits per heavy atom. The minimum Gasteiger partial charge on any atom is -0.473 e. The summed E-state index contributed by atoms with van der Waals surface area (Å²) in [7, 11) is 0. The smallest absolute Gasteiger partial charge is 0.213 e. The molecule has 0 radical (unpaired) electrons. The zero-order valence-corrected chi connectivity index (χ0v) is 10.6. The highest BCUT2D eigenvalue weighted by Crippen LogP contribution is 2.09. The Bertz CT molecular complexity index is 286. The molecule has 1 N–H and O–H groups in total. The highest BCUT2D eigenvalue weighted by molar-refractivity contribution is 14.1. The molecule has 0 aliphatic heterocycles. The number of halogens is 1. The first-order chi connectivity index (χ1) is 6.72. The Labute approximate surface area is 99.9 Å². The molecule has 14 heavy (non-hydrogen) atoms. The van der Waals surface area contributed by atoms with Gasteiger partial charge in [0.15, 0.2) is 0 Å². The van der Waals surface area contributed by atoms with Crippen molar-refractivity contribution in [2.24, 2.45) is 0 Å². The van der Waals surface area contributed by atoms with Gasteiger partial charge >= 0.3 is 0 Å². The largest absolute Gasteiger partial charge is 0.473 e. The van der Waals surface area contributed by atoms with Crippen LogP contribution in [-0.2, 0) is 0 Å². The maximum Gasteiger partial charge on any atom is 0.213 e. The number of hydrogen-bond acceptors (Lipinski definition) is 3. The number of aryl methyl sites for hydroxylation is 1. The van der Waals surface area contributed by atoms with Gasteiger partial charge in [0, 0.05) is 24.8 Å². The second kappa shape index (κ2) is 6.19. The molecule has 0 aromatic carbocycles. The number of rotatable bonds is 5. The number of nitrogens with zero attached hydrogens (tertiary/aromatic N) is 1. The molecule has 1 atom stereocenters. The van der Waals surface area contributed by atoms with E-state index in [1.54, 1.807) is 6.20 Å². The lowest BCUT2D eigenvalue weighted by atomic mass is 10.3. The zero-order chi connectivity index (χ0) is 10.4. The third-order valence-electron chi connectivity index (χ3n) is 1.74. The van der Waals surface area contributed by atoms with Crippen molar-refractivity contribution in [1.29, 1.82) is 0 Å². The van der Waals surface area contributed by atoms with Crippen molar-refractivity contribution in [2.75, 3.05) is 11.1 Å². The molecule has 0 aliphatic carbocycles. The van der Waals surface area contributed by atoms with E-state index in [-0.39, 0.29) is 7.53 Å². The van der Waals surface area contributed by atoms with Gasteiger partial charge in [-0.25, -0.2) is 4.98 Å². The molecule has 0 spiro atoms. The van der Waals surface area contributed by atoms with Gasteiger partial charge in [-0.1, -0.05) is 22.6 Å². The van der Waals surface area contributed by atoms with E-state index in [0.29, 0.717) is 5.88 Å². The molecule has 1 aromatic rings. The van der Waals surface area contributed by atoms with E-state index >= 15 is 0 Å². The van der Waals surface area contributed by atoms with E-state index in [1.165, 1.54) is 5.56 Å². The first-order valence-corrected chi connectivity index (χ1v) is 6.11. The summed E-state index contributed by atoms with van der Waals surface area (Å²) >= 11 is 2.27. The Hall–Kier alpha value is -0.360. The van der Waals surface area contributed by atoms with Gasteiger partial charge in [-0.05, 0) is 25.5 Å². The van der Waals surface area contributed by atoms with Gasteiger partial charge in [-0.3, -0.25) is 0 Å². The van der Waals surface area contributed by atoms with Crippen LogP contribution in [0.25, 0.3) is 0 Å². The van der Waals surface area contributed by atoms with Crippen LogP contribution in [-0.4, -0.2) is 22.2 Å². The van der Waals surface area contributed by atoms with Crippen LogP contribution in [0.15, 0.2) is 18.3 Å². The van der Waals surface area contributed by atoms with E-state index < -0.39 is 0 Å². The molecule has 0 bridgehead atoms. The van der Waals surface area contributed by atoms with Gasteiger partial charge in [0.05, 0.1) is 0 Å². The SMILES string of the molecule is Cc1ccnc(O[C@H](C)CNCI)c1.[HH]. The molecule has 0 fully saturated rings. The predicted octanol–water partition coefficient (Wildman–Crippen LogP) is 2.39. The van der Waals surface area contributed by atoms with Crippen molar-refractivity contribution in [3.63, 3.8) is 0 Å². The van der Waals surface area contributed by atoms with Gasteiger partial charge in [0.2, 0.25) is 5.88 Å². The van der Waals surface area contributed by atoms with E-state index in [9.17, 15) is 0 Å². The Kier molecular flexibility index (Phi) is 5.17. The Morgan fingerprint density at radius 3 is 3.14 bits per heavy atom.